The number of rotatable bonds is 12. The van der Waals surface area contributed by atoms with Crippen molar-refractivity contribution < 1.29 is 4.79 Å². The van der Waals surface area contributed by atoms with Crippen LogP contribution in [0, 0.1) is 0 Å². The minimum absolute atomic E-state index is 0.00713. The van der Waals surface area contributed by atoms with E-state index in [0.29, 0.717) is 6.42 Å². The molecule has 126 valence electrons. The second-order valence-electron chi connectivity index (χ2n) is 6.45. The summed E-state index contributed by atoms with van der Waals surface area (Å²) in [6.45, 7) is 5.81. The molecule has 0 saturated carbocycles. The molecule has 0 aliphatic carbocycles. The van der Waals surface area contributed by atoms with E-state index < -0.39 is 0 Å². The van der Waals surface area contributed by atoms with Crippen LogP contribution in [0.2, 0.25) is 0 Å². The maximum atomic E-state index is 12.4. The molecule has 0 aromatic heterocycles. The van der Waals surface area contributed by atoms with Gasteiger partial charge in [0.05, 0.1) is 0 Å². The molecule has 2 N–H and O–H groups in total. The molecule has 0 bridgehead atoms. The summed E-state index contributed by atoms with van der Waals surface area (Å²) < 4.78 is 0. The van der Waals surface area contributed by atoms with Crippen molar-refractivity contribution in [2.75, 3.05) is 54.4 Å². The normalized spacial score (nSPS) is 13.0. The molecule has 0 aromatic rings. The van der Waals surface area contributed by atoms with E-state index in [0.717, 1.165) is 51.9 Å². The van der Waals surface area contributed by atoms with Gasteiger partial charge in [0.15, 0.2) is 0 Å². The molecular formula is C16H36N4O. The average Bonchev–Trinajstić information content (AvgIpc) is 2.36. The Kier molecular flexibility index (Phi) is 11.6. The van der Waals surface area contributed by atoms with E-state index in [4.69, 9.17) is 5.73 Å². The van der Waals surface area contributed by atoms with E-state index in [2.05, 4.69) is 44.9 Å². The predicted octanol–water partition coefficient (Wildman–Crippen LogP) is 1.24. The number of carbonyl (C=O) groups excluding carboxylic acids is 1. The van der Waals surface area contributed by atoms with Gasteiger partial charge in [-0.1, -0.05) is 13.3 Å². The van der Waals surface area contributed by atoms with Crippen LogP contribution in [-0.2, 0) is 4.79 Å². The fourth-order valence-electron chi connectivity index (χ4n) is 2.34. The highest BCUT2D eigenvalue weighted by Gasteiger charge is 2.16. The minimum atomic E-state index is 0.00713. The van der Waals surface area contributed by atoms with E-state index in [1.165, 1.54) is 0 Å². The zero-order valence-corrected chi connectivity index (χ0v) is 14.8. The van der Waals surface area contributed by atoms with Crippen LogP contribution >= 0.6 is 0 Å². The summed E-state index contributed by atoms with van der Waals surface area (Å²) in [6, 6.07) is 0.00713. The highest BCUT2D eigenvalue weighted by molar-refractivity contribution is 5.76. The Labute approximate surface area is 131 Å². The van der Waals surface area contributed by atoms with E-state index in [1.54, 1.807) is 0 Å². The van der Waals surface area contributed by atoms with Gasteiger partial charge in [-0.05, 0) is 60.5 Å². The lowest BCUT2D eigenvalue weighted by molar-refractivity contribution is -0.131. The topological polar surface area (TPSA) is 52.8 Å². The molecule has 21 heavy (non-hydrogen) atoms. The van der Waals surface area contributed by atoms with Gasteiger partial charge in [-0.3, -0.25) is 4.79 Å². The summed E-state index contributed by atoms with van der Waals surface area (Å²) in [7, 11) is 8.26. The molecule has 0 rings (SSSR count). The van der Waals surface area contributed by atoms with Gasteiger partial charge in [-0.15, -0.1) is 0 Å². The molecule has 0 aromatic carbocycles. The van der Waals surface area contributed by atoms with Gasteiger partial charge in [0, 0.05) is 25.6 Å². The van der Waals surface area contributed by atoms with Gasteiger partial charge in [-0.2, -0.15) is 0 Å². The molecule has 1 atom stereocenters. The Morgan fingerprint density at radius 3 is 1.81 bits per heavy atom. The molecule has 0 radical (unpaired) electrons. The van der Waals surface area contributed by atoms with Crippen LogP contribution in [0.3, 0.4) is 0 Å². The van der Waals surface area contributed by atoms with E-state index >= 15 is 0 Å². The summed E-state index contributed by atoms with van der Waals surface area (Å²) in [6.07, 6.45) is 4.48. The third-order valence-corrected chi connectivity index (χ3v) is 3.52. The van der Waals surface area contributed by atoms with Crippen LogP contribution in [0.15, 0.2) is 0 Å². The molecule has 5 nitrogen and oxygen atoms in total. The lowest BCUT2D eigenvalue weighted by Crippen LogP contribution is -2.38. The quantitative estimate of drug-likeness (QED) is 0.589. The maximum Gasteiger partial charge on any atom is 0.224 e. The van der Waals surface area contributed by atoms with Crippen LogP contribution < -0.4 is 5.73 Å². The molecule has 0 heterocycles. The highest BCUT2D eigenvalue weighted by Crippen LogP contribution is 2.05. The lowest BCUT2D eigenvalue weighted by Gasteiger charge is -2.25. The Hall–Kier alpha value is -0.650. The van der Waals surface area contributed by atoms with Crippen molar-refractivity contribution >= 4 is 5.91 Å². The van der Waals surface area contributed by atoms with Crippen LogP contribution in [0.5, 0.6) is 0 Å². The fraction of sp³-hybridized carbons (Fsp3) is 0.938. The molecular weight excluding hydrogens is 264 g/mol. The van der Waals surface area contributed by atoms with E-state index in [1.807, 2.05) is 4.90 Å². The number of hydrogen-bond acceptors (Lipinski definition) is 4. The fourth-order valence-corrected chi connectivity index (χ4v) is 2.34. The second kappa shape index (κ2) is 12.0. The van der Waals surface area contributed by atoms with Gasteiger partial charge < -0.3 is 20.4 Å². The molecule has 0 saturated heterocycles. The monoisotopic (exact) mass is 300 g/mol. The first kappa shape index (κ1) is 20.3. The minimum Gasteiger partial charge on any atom is -0.343 e. The smallest absolute Gasteiger partial charge is 0.224 e. The molecule has 1 unspecified atom stereocenters. The SMILES string of the molecule is CCCC(N)CC(=O)N(CCCN(C)C)CCCN(C)C. The first-order chi connectivity index (χ1) is 9.86. The Balaban J connectivity index is 4.29. The van der Waals surface area contributed by atoms with Crippen LogP contribution in [0.1, 0.15) is 39.0 Å². The second-order valence-corrected chi connectivity index (χ2v) is 6.45. The van der Waals surface area contributed by atoms with Gasteiger partial charge >= 0.3 is 0 Å². The molecule has 0 spiro atoms. The van der Waals surface area contributed by atoms with Crippen molar-refractivity contribution in [3.05, 3.63) is 0 Å². The number of nitrogens with two attached hydrogens (primary N) is 1. The summed E-state index contributed by atoms with van der Waals surface area (Å²) in [5, 5.41) is 0. The number of nitrogens with zero attached hydrogens (tertiary/aromatic N) is 3. The zero-order chi connectivity index (χ0) is 16.3. The summed E-state index contributed by atoms with van der Waals surface area (Å²) in [5.74, 6) is 0.216. The summed E-state index contributed by atoms with van der Waals surface area (Å²) >= 11 is 0. The maximum absolute atomic E-state index is 12.4. The Morgan fingerprint density at radius 1 is 0.952 bits per heavy atom. The van der Waals surface area contributed by atoms with E-state index in [9.17, 15) is 4.79 Å². The largest absolute Gasteiger partial charge is 0.343 e. The zero-order valence-electron chi connectivity index (χ0n) is 14.8. The van der Waals surface area contributed by atoms with Crippen molar-refractivity contribution in [3.63, 3.8) is 0 Å². The summed E-state index contributed by atoms with van der Waals surface area (Å²) in [5.41, 5.74) is 6.01. The van der Waals surface area contributed by atoms with Gasteiger partial charge in [0.25, 0.3) is 0 Å². The van der Waals surface area contributed by atoms with Crippen molar-refractivity contribution in [1.82, 2.24) is 14.7 Å². The van der Waals surface area contributed by atoms with Crippen molar-refractivity contribution in [2.24, 2.45) is 5.73 Å². The van der Waals surface area contributed by atoms with Crippen molar-refractivity contribution in [2.45, 2.75) is 45.1 Å². The average molecular weight is 300 g/mol. The molecule has 0 aliphatic heterocycles. The molecule has 1 amide bonds. The molecule has 5 heteroatoms. The van der Waals surface area contributed by atoms with E-state index in [-0.39, 0.29) is 11.9 Å². The van der Waals surface area contributed by atoms with Crippen molar-refractivity contribution in [1.29, 1.82) is 0 Å². The third-order valence-electron chi connectivity index (χ3n) is 3.52. The molecule has 0 aliphatic rings. The third kappa shape index (κ3) is 11.7. The van der Waals surface area contributed by atoms with Gasteiger partial charge in [0.1, 0.15) is 0 Å². The van der Waals surface area contributed by atoms with Crippen LogP contribution in [-0.4, -0.2) is 81.0 Å². The first-order valence-electron chi connectivity index (χ1n) is 8.19. The summed E-state index contributed by atoms with van der Waals surface area (Å²) in [4.78, 5) is 18.7. The first-order valence-corrected chi connectivity index (χ1v) is 8.19. The number of carbonyl (C=O) groups is 1. The van der Waals surface area contributed by atoms with Crippen molar-refractivity contribution in [3.8, 4) is 0 Å². The van der Waals surface area contributed by atoms with Gasteiger partial charge in [0.2, 0.25) is 5.91 Å². The predicted molar refractivity (Wildman–Crippen MR) is 90.4 cm³/mol. The van der Waals surface area contributed by atoms with Crippen LogP contribution in [0.4, 0.5) is 0 Å². The molecule has 0 fully saturated rings. The van der Waals surface area contributed by atoms with Crippen LogP contribution in [0.25, 0.3) is 0 Å². The Morgan fingerprint density at radius 2 is 1.43 bits per heavy atom. The Bertz CT molecular complexity index is 255. The highest BCUT2D eigenvalue weighted by atomic mass is 16.2. The lowest BCUT2D eigenvalue weighted by atomic mass is 10.1. The number of amides is 1. The van der Waals surface area contributed by atoms with Gasteiger partial charge in [-0.25, -0.2) is 0 Å². The number of hydrogen-bond donors (Lipinski definition) is 1. The standard InChI is InChI=1S/C16H36N4O/c1-6-9-15(17)14-16(21)20(12-7-10-18(2)3)13-8-11-19(4)5/h15H,6-14,17H2,1-5H3.